The monoisotopic (exact) mass is 1080 g/mol. The molecule has 6 heteroatoms. The fourth-order valence-corrected chi connectivity index (χ4v) is 13.1. The zero-order valence-electron chi connectivity index (χ0n) is 71.4. The van der Waals surface area contributed by atoms with Crippen LogP contribution in [-0.2, 0) is 37.9 Å². The molecule has 2 unspecified atom stereocenters. The third-order valence-corrected chi connectivity index (χ3v) is 17.5. The molecule has 7 aromatic carbocycles. The van der Waals surface area contributed by atoms with E-state index >= 15 is 0 Å². The molecular weight excluding hydrogens is 978 g/mol. The molecule has 402 valence electrons. The van der Waals surface area contributed by atoms with Crippen molar-refractivity contribution in [3.8, 4) is 0 Å². The van der Waals surface area contributed by atoms with Gasteiger partial charge in [-0.3, -0.25) is 0 Å². The number of furan rings is 1. The van der Waals surface area contributed by atoms with Crippen LogP contribution in [0.5, 0.6) is 0 Å². The van der Waals surface area contributed by atoms with Gasteiger partial charge in [-0.15, -0.1) is 11.3 Å². The predicted octanol–water partition coefficient (Wildman–Crippen LogP) is 19.4. The van der Waals surface area contributed by atoms with Crippen molar-refractivity contribution in [1.29, 1.82) is 0 Å². The van der Waals surface area contributed by atoms with E-state index in [9.17, 15) is 31.5 Å². The number of hydrogen-bond donors (Lipinski definition) is 0. The first kappa shape index (κ1) is 32.1. The van der Waals surface area contributed by atoms with Crippen molar-refractivity contribution in [2.45, 2.75) is 175 Å². The van der Waals surface area contributed by atoms with Gasteiger partial charge in [0.2, 0.25) is 0 Å². The Bertz CT molecular complexity index is 5160. The van der Waals surface area contributed by atoms with E-state index in [1.807, 2.05) is 0 Å². The van der Waals surface area contributed by atoms with Crippen LogP contribution in [0.25, 0.3) is 21.1 Å². The summed E-state index contributed by atoms with van der Waals surface area (Å²) in [7, 11) is 0. The van der Waals surface area contributed by atoms with Gasteiger partial charge in [-0.25, -0.2) is 0 Å². The molecule has 0 radical (unpaired) electrons. The van der Waals surface area contributed by atoms with Crippen LogP contribution in [0.15, 0.2) is 143 Å². The molecule has 0 N–H and O–H groups in total. The van der Waals surface area contributed by atoms with Crippen LogP contribution in [0.1, 0.15) is 207 Å². The summed E-state index contributed by atoms with van der Waals surface area (Å²) in [6.45, 7) is 27.9. The van der Waals surface area contributed by atoms with Gasteiger partial charge in [-0.2, -0.15) is 0 Å². The lowest BCUT2D eigenvalue weighted by Gasteiger charge is -2.42. The van der Waals surface area contributed by atoms with E-state index in [0.29, 0.717) is 30.4 Å². The normalized spacial score (nSPS) is 22.9. The Morgan fingerprint density at radius 2 is 0.911 bits per heavy atom. The maximum Gasteiger partial charge on any atom is 0.298 e. The van der Waals surface area contributed by atoms with E-state index in [-0.39, 0.29) is 88.2 Å². The lowest BCUT2D eigenvalue weighted by atomic mass is 9.35. The van der Waals surface area contributed by atoms with Crippen molar-refractivity contribution in [3.63, 3.8) is 0 Å². The van der Waals surface area contributed by atoms with E-state index in [1.54, 1.807) is 104 Å². The van der Waals surface area contributed by atoms with Crippen LogP contribution in [0.2, 0.25) is 0 Å². The van der Waals surface area contributed by atoms with E-state index in [1.165, 1.54) is 4.90 Å². The smallest absolute Gasteiger partial charge is 0.298 e. The summed E-state index contributed by atoms with van der Waals surface area (Å²) in [6, 6.07) is -13.9. The second kappa shape index (κ2) is 17.0. The van der Waals surface area contributed by atoms with Crippen LogP contribution >= 0.6 is 11.3 Å². The highest BCUT2D eigenvalue weighted by atomic mass is 32.1. The van der Waals surface area contributed by atoms with Crippen molar-refractivity contribution in [2.24, 2.45) is 0 Å². The second-order valence-corrected chi connectivity index (χ2v) is 28.9. The number of benzene rings is 7. The molecule has 4 nitrogen and oxygen atoms in total. The summed E-state index contributed by atoms with van der Waals surface area (Å²) in [5.41, 5.74) is -11.2. The number of nitrogens with zero attached hydrogens (tertiary/aromatic N) is 3. The van der Waals surface area contributed by atoms with Gasteiger partial charge in [0.25, 0.3) is 6.71 Å². The zero-order chi connectivity index (χ0) is 75.9. The summed E-state index contributed by atoms with van der Waals surface area (Å²) >= 11 is 0.935. The minimum atomic E-state index is -1.65. The molecule has 2 aliphatic heterocycles. The number of anilines is 9. The van der Waals surface area contributed by atoms with Crippen molar-refractivity contribution >= 4 is 106 Å². The summed E-state index contributed by atoms with van der Waals surface area (Å²) in [5.74, 6) is 0. The van der Waals surface area contributed by atoms with Gasteiger partial charge in [0, 0.05) is 44.2 Å². The summed E-state index contributed by atoms with van der Waals surface area (Å²) < 4.78 is 243. The standard InChI is InChI=1S/C73H80BN3OS/c1-67(2,3)44-18-27-49(28-19-44)75(50-29-20-45(21-30-50)68(4,5)6)53-39-58-63-59(40-53)77(52-33-24-47(25-34-52)70(10,11)12)66-62(55-41-56-57(42-61(55)79-66)73(17)37-36-72(56,16)43-73)74(63)65-64(54-38-48(71(13,14)15)26-35-60(54)78-65)76(58)51-31-22-46(23-32-51)69(7,8)9/h18-35,38-42H,36-37,43H2,1-17H3/i18D,19D,20D,21D,22D,23D,24D,25D,26D,27D,28D,29D,30D,31D,32D,33D,34D,35D,38D,39D,40D,41D,42D. The minimum absolute atomic E-state index is 0.00509. The van der Waals surface area contributed by atoms with E-state index in [4.69, 9.17) is 4.42 Å². The fourth-order valence-electron chi connectivity index (χ4n) is 11.9. The highest BCUT2D eigenvalue weighted by Crippen LogP contribution is 2.62. The van der Waals surface area contributed by atoms with Gasteiger partial charge in [0.1, 0.15) is 5.58 Å². The highest BCUT2D eigenvalue weighted by molar-refractivity contribution is 7.26. The number of thiophene rings is 1. The first-order valence-electron chi connectivity index (χ1n) is 38.9. The third-order valence-electron chi connectivity index (χ3n) is 16.4. The lowest BCUT2D eigenvalue weighted by Crippen LogP contribution is -2.60. The molecule has 0 saturated heterocycles. The Morgan fingerprint density at radius 3 is 1.39 bits per heavy atom. The van der Waals surface area contributed by atoms with E-state index in [2.05, 4.69) is 13.8 Å². The minimum Gasteiger partial charge on any atom is -0.468 e. The molecule has 0 spiro atoms. The predicted molar refractivity (Wildman–Crippen MR) is 342 cm³/mol. The van der Waals surface area contributed by atoms with Crippen LogP contribution in [0, 0.1) is 0 Å². The molecule has 79 heavy (non-hydrogen) atoms. The molecule has 1 fully saturated rings. The van der Waals surface area contributed by atoms with Gasteiger partial charge >= 0.3 is 0 Å². The molecule has 0 amide bonds. The summed E-state index contributed by atoms with van der Waals surface area (Å²) in [6.07, 6.45) is 1.95. The van der Waals surface area contributed by atoms with Gasteiger partial charge in [0.15, 0.2) is 0 Å². The quantitative estimate of drug-likeness (QED) is 0.160. The Labute approximate surface area is 508 Å². The zero-order valence-corrected chi connectivity index (χ0v) is 49.2. The maximum absolute atomic E-state index is 11.5. The first-order valence-corrected chi connectivity index (χ1v) is 28.2. The Hall–Kier alpha value is -6.50. The SMILES string of the molecule is [2H]c1c([2H])c(C(C)(C)C)c([2H])c([2H])c1N1c2sc3c([2H])c4c(c([2H])c3c2B2c3oc5c([2H])c([2H])c(C(C)(C)C)c([2H])c5c3N(c3c([2H])c([2H])c(C(C)(C)C)c([2H])c3[2H])c3c([2H])c(N(c5c([2H])c([2H])c(C(C)(C)C)c([2H])c5[2H])c5c([2H])c([2H])c(C(C)(C)C)c([2H])c5[2H])c([2H])c1c32)C1(C)CCC4(C)C1. The topological polar surface area (TPSA) is 22.9 Å². The van der Waals surface area contributed by atoms with Crippen molar-refractivity contribution in [2.75, 3.05) is 14.7 Å². The highest BCUT2D eigenvalue weighted by Gasteiger charge is 2.54. The molecule has 4 heterocycles. The van der Waals surface area contributed by atoms with Gasteiger partial charge in [-0.1, -0.05) is 172 Å². The largest absolute Gasteiger partial charge is 0.468 e. The Balaban J connectivity index is 1.39. The molecular formula is C73H80BN3OS. The number of hydrogen-bond acceptors (Lipinski definition) is 5. The second-order valence-electron chi connectivity index (χ2n) is 27.9. The molecule has 9 aromatic rings. The molecule has 1 saturated carbocycles. The molecule has 4 aliphatic rings. The Kier molecular flexibility index (Phi) is 6.91. The van der Waals surface area contributed by atoms with Crippen LogP contribution in [0.4, 0.5) is 50.5 Å². The number of rotatable bonds is 5. The Morgan fingerprint density at radius 1 is 0.481 bits per heavy atom. The van der Waals surface area contributed by atoms with Crippen molar-refractivity contribution in [3.05, 3.63) is 178 Å². The maximum atomic E-state index is 11.5. The number of fused-ring (bicyclic) bond motifs is 13. The van der Waals surface area contributed by atoms with E-state index in [0.717, 1.165) is 21.1 Å². The van der Waals surface area contributed by atoms with Crippen LogP contribution in [0.3, 0.4) is 0 Å². The molecule has 2 aliphatic carbocycles. The van der Waals surface area contributed by atoms with Crippen molar-refractivity contribution < 1.29 is 35.9 Å². The first-order chi connectivity index (χ1) is 46.7. The third kappa shape index (κ3) is 8.18. The van der Waals surface area contributed by atoms with E-state index < -0.39 is 211 Å². The average Bonchev–Trinajstić information content (AvgIpc) is 1.40. The molecule has 2 bridgehead atoms. The van der Waals surface area contributed by atoms with Crippen LogP contribution < -0.4 is 31.3 Å². The average molecular weight is 1080 g/mol. The van der Waals surface area contributed by atoms with Crippen molar-refractivity contribution in [1.82, 2.24) is 0 Å². The molecule has 2 atom stereocenters. The fraction of sp³-hybridized carbons (Fsp3) is 0.370. The van der Waals surface area contributed by atoms with Gasteiger partial charge in [-0.05, 0) is 197 Å². The summed E-state index contributed by atoms with van der Waals surface area (Å²) in [4.78, 5) is 3.19. The molecule has 2 aromatic heterocycles. The van der Waals surface area contributed by atoms with Gasteiger partial charge in [0.05, 0.1) is 53.6 Å². The van der Waals surface area contributed by atoms with Crippen LogP contribution in [-0.4, -0.2) is 6.71 Å². The van der Waals surface area contributed by atoms with Gasteiger partial charge < -0.3 is 19.1 Å². The lowest BCUT2D eigenvalue weighted by molar-refractivity contribution is 0.484. The summed E-state index contributed by atoms with van der Waals surface area (Å²) in [5, 5.41) is -0.112. The molecule has 13 rings (SSSR count).